The van der Waals surface area contributed by atoms with Crippen LogP contribution in [0.3, 0.4) is 0 Å². The van der Waals surface area contributed by atoms with E-state index in [1.165, 1.54) is 13.3 Å². The molecule has 0 unspecified atom stereocenters. The molecular weight excluding hydrogens is 352 g/mol. The second-order valence-electron chi connectivity index (χ2n) is 5.50. The molecule has 0 aliphatic carbocycles. The summed E-state index contributed by atoms with van der Waals surface area (Å²) in [5, 5.41) is 9.63. The fraction of sp³-hybridized carbons (Fsp3) is 0.0556. The summed E-state index contributed by atoms with van der Waals surface area (Å²) in [4.78, 5) is 19.4. The van der Waals surface area contributed by atoms with Crippen molar-refractivity contribution in [3.8, 4) is 0 Å². The Morgan fingerprint density at radius 3 is 1.85 bits per heavy atom. The summed E-state index contributed by atoms with van der Waals surface area (Å²) in [6, 6.07) is 14.4. The van der Waals surface area contributed by atoms with Crippen LogP contribution in [0, 0.1) is 0 Å². The first-order valence-electron chi connectivity index (χ1n) is 7.79. The minimum atomic E-state index is -0.122. The summed E-state index contributed by atoms with van der Waals surface area (Å²) in [5.41, 5.74) is 8.86. The Hall–Kier alpha value is -3.32. The second-order valence-corrected chi connectivity index (χ2v) is 5.94. The summed E-state index contributed by atoms with van der Waals surface area (Å²) in [7, 11) is 0. The number of nitrogens with two attached hydrogens (primary N) is 1. The van der Waals surface area contributed by atoms with E-state index in [1.54, 1.807) is 24.3 Å². The van der Waals surface area contributed by atoms with Gasteiger partial charge in [-0.25, -0.2) is 9.97 Å². The van der Waals surface area contributed by atoms with Gasteiger partial charge in [0.1, 0.15) is 12.0 Å². The van der Waals surface area contributed by atoms with Crippen LogP contribution in [0.25, 0.3) is 0 Å². The summed E-state index contributed by atoms with van der Waals surface area (Å²) >= 11 is 5.89. The van der Waals surface area contributed by atoms with Crippen LogP contribution in [0.4, 0.5) is 34.4 Å². The van der Waals surface area contributed by atoms with E-state index >= 15 is 0 Å². The number of carbonyl (C=O) groups excluding carboxylic acids is 1. The zero-order valence-electron chi connectivity index (χ0n) is 14.0. The topological polar surface area (TPSA) is 105 Å². The summed E-state index contributed by atoms with van der Waals surface area (Å²) < 4.78 is 0. The predicted molar refractivity (Wildman–Crippen MR) is 105 cm³/mol. The predicted octanol–water partition coefficient (Wildman–Crippen LogP) is 4.16. The number of aromatic nitrogens is 2. The van der Waals surface area contributed by atoms with Crippen LogP contribution in [0.2, 0.25) is 5.02 Å². The summed E-state index contributed by atoms with van der Waals surface area (Å²) in [6.07, 6.45) is 1.42. The van der Waals surface area contributed by atoms with E-state index in [0.29, 0.717) is 28.0 Å². The number of benzene rings is 2. The summed E-state index contributed by atoms with van der Waals surface area (Å²) in [5.74, 6) is 0.840. The van der Waals surface area contributed by atoms with Gasteiger partial charge in [-0.05, 0) is 48.5 Å². The third-order valence-corrected chi connectivity index (χ3v) is 3.71. The van der Waals surface area contributed by atoms with Crippen molar-refractivity contribution in [3.63, 3.8) is 0 Å². The molecule has 8 heteroatoms. The smallest absolute Gasteiger partial charge is 0.221 e. The quantitative estimate of drug-likeness (QED) is 0.539. The molecule has 2 aromatic carbocycles. The lowest BCUT2D eigenvalue weighted by Gasteiger charge is -2.13. The zero-order chi connectivity index (χ0) is 18.5. The molecule has 0 fully saturated rings. The van der Waals surface area contributed by atoms with Gasteiger partial charge in [-0.3, -0.25) is 4.79 Å². The fourth-order valence-corrected chi connectivity index (χ4v) is 2.37. The van der Waals surface area contributed by atoms with Crippen LogP contribution >= 0.6 is 11.6 Å². The van der Waals surface area contributed by atoms with E-state index in [-0.39, 0.29) is 5.91 Å². The highest BCUT2D eigenvalue weighted by Gasteiger charge is 2.09. The fourth-order valence-electron chi connectivity index (χ4n) is 2.24. The van der Waals surface area contributed by atoms with E-state index in [1.807, 2.05) is 24.3 Å². The number of halogens is 1. The monoisotopic (exact) mass is 368 g/mol. The van der Waals surface area contributed by atoms with Crippen LogP contribution in [-0.2, 0) is 4.79 Å². The number of amides is 1. The van der Waals surface area contributed by atoms with E-state index in [9.17, 15) is 4.79 Å². The van der Waals surface area contributed by atoms with E-state index in [4.69, 9.17) is 17.3 Å². The van der Waals surface area contributed by atoms with Gasteiger partial charge < -0.3 is 21.7 Å². The van der Waals surface area contributed by atoms with Crippen molar-refractivity contribution in [2.45, 2.75) is 6.92 Å². The molecule has 0 spiro atoms. The van der Waals surface area contributed by atoms with Crippen LogP contribution in [0.15, 0.2) is 54.9 Å². The molecule has 0 radical (unpaired) electrons. The van der Waals surface area contributed by atoms with Crippen LogP contribution in [-0.4, -0.2) is 15.9 Å². The van der Waals surface area contributed by atoms with Gasteiger partial charge in [-0.1, -0.05) is 11.6 Å². The molecule has 1 aromatic heterocycles. The lowest BCUT2D eigenvalue weighted by atomic mass is 10.2. The first-order valence-corrected chi connectivity index (χ1v) is 8.17. The molecule has 7 nitrogen and oxygen atoms in total. The number of hydrogen-bond acceptors (Lipinski definition) is 6. The number of nitrogen functional groups attached to an aromatic ring is 1. The van der Waals surface area contributed by atoms with E-state index in [2.05, 4.69) is 25.9 Å². The molecular formula is C18H17ClN6O. The van der Waals surface area contributed by atoms with Crippen LogP contribution < -0.4 is 21.7 Å². The Kier molecular flexibility index (Phi) is 5.19. The minimum absolute atomic E-state index is 0.122. The van der Waals surface area contributed by atoms with Crippen molar-refractivity contribution < 1.29 is 4.79 Å². The molecule has 1 heterocycles. The van der Waals surface area contributed by atoms with E-state index < -0.39 is 0 Å². The lowest BCUT2D eigenvalue weighted by Crippen LogP contribution is -2.06. The highest BCUT2D eigenvalue weighted by Crippen LogP contribution is 2.28. The molecule has 0 atom stereocenters. The van der Waals surface area contributed by atoms with Crippen molar-refractivity contribution in [2.24, 2.45) is 0 Å². The van der Waals surface area contributed by atoms with Crippen molar-refractivity contribution >= 4 is 51.9 Å². The highest BCUT2D eigenvalue weighted by atomic mass is 35.5. The zero-order valence-corrected chi connectivity index (χ0v) is 14.7. The third-order valence-electron chi connectivity index (χ3n) is 3.46. The average Bonchev–Trinajstić information content (AvgIpc) is 2.61. The SMILES string of the molecule is CC(=O)Nc1ccc(Nc2ncnc(Nc3ccc(Cl)cc3)c2N)cc1. The maximum absolute atomic E-state index is 11.1. The molecule has 1 amide bonds. The van der Waals surface area contributed by atoms with Gasteiger partial charge >= 0.3 is 0 Å². The minimum Gasteiger partial charge on any atom is -0.393 e. The summed E-state index contributed by atoms with van der Waals surface area (Å²) in [6.45, 7) is 1.46. The van der Waals surface area contributed by atoms with Crippen LogP contribution in [0.5, 0.6) is 0 Å². The number of carbonyl (C=O) groups is 1. The first-order chi connectivity index (χ1) is 12.5. The Labute approximate surface area is 155 Å². The molecule has 0 saturated carbocycles. The Morgan fingerprint density at radius 1 is 0.885 bits per heavy atom. The normalized spacial score (nSPS) is 10.2. The molecule has 5 N–H and O–H groups in total. The van der Waals surface area contributed by atoms with Crippen molar-refractivity contribution in [1.29, 1.82) is 0 Å². The first kappa shape index (κ1) is 17.5. The van der Waals surface area contributed by atoms with Crippen molar-refractivity contribution in [1.82, 2.24) is 9.97 Å². The van der Waals surface area contributed by atoms with Gasteiger partial charge in [-0.15, -0.1) is 0 Å². The molecule has 132 valence electrons. The molecule has 0 saturated heterocycles. The number of nitrogens with zero attached hydrogens (tertiary/aromatic N) is 2. The van der Waals surface area contributed by atoms with E-state index in [0.717, 1.165) is 11.4 Å². The lowest BCUT2D eigenvalue weighted by molar-refractivity contribution is -0.114. The number of rotatable bonds is 5. The molecule has 0 aliphatic heterocycles. The highest BCUT2D eigenvalue weighted by molar-refractivity contribution is 6.30. The Morgan fingerprint density at radius 2 is 1.35 bits per heavy atom. The molecule has 26 heavy (non-hydrogen) atoms. The van der Waals surface area contributed by atoms with Gasteiger partial charge in [0.05, 0.1) is 0 Å². The second kappa shape index (κ2) is 7.71. The van der Waals surface area contributed by atoms with Gasteiger partial charge in [0, 0.05) is 29.0 Å². The van der Waals surface area contributed by atoms with Gasteiger partial charge in [-0.2, -0.15) is 0 Å². The largest absolute Gasteiger partial charge is 0.393 e. The number of anilines is 6. The van der Waals surface area contributed by atoms with Crippen molar-refractivity contribution in [2.75, 3.05) is 21.7 Å². The molecule has 3 aromatic rings. The Bertz CT molecular complexity index is 912. The van der Waals surface area contributed by atoms with Crippen molar-refractivity contribution in [3.05, 3.63) is 59.9 Å². The molecule has 0 bridgehead atoms. The third kappa shape index (κ3) is 4.40. The van der Waals surface area contributed by atoms with Crippen LogP contribution in [0.1, 0.15) is 6.92 Å². The maximum atomic E-state index is 11.1. The standard InChI is InChI=1S/C18H17ClN6O/c1-11(26)23-13-6-8-15(9-7-13)25-18-16(20)17(21-10-22-18)24-14-4-2-12(19)3-5-14/h2-10H,20H2,1H3,(H,23,26)(H2,21,22,24,25). The Balaban J connectivity index is 1.76. The average molecular weight is 369 g/mol. The number of nitrogens with one attached hydrogen (secondary N) is 3. The van der Waals surface area contributed by atoms with Gasteiger partial charge in [0.15, 0.2) is 11.6 Å². The molecule has 3 rings (SSSR count). The molecule has 0 aliphatic rings. The van der Waals surface area contributed by atoms with Gasteiger partial charge in [0.25, 0.3) is 0 Å². The number of hydrogen-bond donors (Lipinski definition) is 4. The maximum Gasteiger partial charge on any atom is 0.221 e. The van der Waals surface area contributed by atoms with Gasteiger partial charge in [0.2, 0.25) is 5.91 Å².